The molecule has 2 aliphatic heterocycles. The number of piperazine rings is 1. The van der Waals surface area contributed by atoms with Crippen LogP contribution < -0.4 is 10.2 Å². The number of nitrogens with one attached hydrogen (secondary N) is 1. The molecular formula is C23H32N4. The molecule has 2 aromatic rings. The van der Waals surface area contributed by atoms with Gasteiger partial charge in [-0.05, 0) is 55.4 Å². The highest BCUT2D eigenvalue weighted by atomic mass is 15.2. The Bertz CT molecular complexity index is 704. The van der Waals surface area contributed by atoms with Crippen LogP contribution in [0.5, 0.6) is 0 Å². The number of benzene rings is 2. The zero-order valence-electron chi connectivity index (χ0n) is 16.5. The molecule has 2 aliphatic rings. The predicted molar refractivity (Wildman–Crippen MR) is 114 cm³/mol. The summed E-state index contributed by atoms with van der Waals surface area (Å²) in [6.45, 7) is 10.2. The summed E-state index contributed by atoms with van der Waals surface area (Å²) >= 11 is 0. The fourth-order valence-electron chi connectivity index (χ4n) is 4.11. The monoisotopic (exact) mass is 364 g/mol. The molecular weight excluding hydrogens is 332 g/mol. The minimum Gasteiger partial charge on any atom is -0.369 e. The molecule has 0 unspecified atom stereocenters. The van der Waals surface area contributed by atoms with Crippen LogP contribution in [0.2, 0.25) is 0 Å². The van der Waals surface area contributed by atoms with Crippen LogP contribution in [0.15, 0.2) is 48.5 Å². The van der Waals surface area contributed by atoms with Crippen molar-refractivity contribution in [2.45, 2.75) is 13.0 Å². The molecule has 4 rings (SSSR count). The van der Waals surface area contributed by atoms with Gasteiger partial charge in [-0.15, -0.1) is 0 Å². The molecule has 144 valence electrons. The van der Waals surface area contributed by atoms with Crippen molar-refractivity contribution >= 4 is 5.69 Å². The highest BCUT2D eigenvalue weighted by Gasteiger charge is 2.13. The predicted octanol–water partition coefficient (Wildman–Crippen LogP) is 2.90. The average molecular weight is 365 g/mol. The van der Waals surface area contributed by atoms with Crippen molar-refractivity contribution in [1.29, 1.82) is 0 Å². The lowest BCUT2D eigenvalue weighted by Crippen LogP contribution is -2.43. The second-order valence-electron chi connectivity index (χ2n) is 7.91. The first kappa shape index (κ1) is 18.5. The van der Waals surface area contributed by atoms with E-state index in [-0.39, 0.29) is 0 Å². The standard InChI is InChI=1S/C23H32N4/c1-25-13-2-14-26(18-17-25)19-20-3-5-21(6-4-20)22-7-9-23(10-8-22)27-15-11-24-12-16-27/h3-10,24H,2,11-19H2,1H3. The molecule has 0 aromatic heterocycles. The molecule has 2 aromatic carbocycles. The van der Waals surface area contributed by atoms with Gasteiger partial charge >= 0.3 is 0 Å². The quantitative estimate of drug-likeness (QED) is 0.900. The Morgan fingerprint density at radius 3 is 2.11 bits per heavy atom. The Morgan fingerprint density at radius 2 is 1.41 bits per heavy atom. The summed E-state index contributed by atoms with van der Waals surface area (Å²) in [5, 5.41) is 3.41. The number of likely N-dealkylation sites (N-methyl/N-ethyl adjacent to an activating group) is 1. The van der Waals surface area contributed by atoms with Crippen molar-refractivity contribution < 1.29 is 0 Å². The summed E-state index contributed by atoms with van der Waals surface area (Å²) in [5.74, 6) is 0. The van der Waals surface area contributed by atoms with Gasteiger partial charge < -0.3 is 15.1 Å². The molecule has 0 radical (unpaired) electrons. The highest BCUT2D eigenvalue weighted by molar-refractivity contribution is 5.66. The molecule has 2 saturated heterocycles. The van der Waals surface area contributed by atoms with E-state index < -0.39 is 0 Å². The number of hydrogen-bond donors (Lipinski definition) is 1. The third-order valence-corrected chi connectivity index (χ3v) is 5.86. The summed E-state index contributed by atoms with van der Waals surface area (Å²) in [4.78, 5) is 7.48. The van der Waals surface area contributed by atoms with Crippen molar-refractivity contribution in [2.24, 2.45) is 0 Å². The second-order valence-corrected chi connectivity index (χ2v) is 7.91. The summed E-state index contributed by atoms with van der Waals surface area (Å²) in [6.07, 6.45) is 1.27. The Labute approximate surface area is 163 Å². The van der Waals surface area contributed by atoms with Crippen molar-refractivity contribution in [2.75, 3.05) is 64.3 Å². The molecule has 0 amide bonds. The number of hydrogen-bond acceptors (Lipinski definition) is 4. The lowest BCUT2D eigenvalue weighted by Gasteiger charge is -2.29. The van der Waals surface area contributed by atoms with Crippen molar-refractivity contribution in [3.05, 3.63) is 54.1 Å². The van der Waals surface area contributed by atoms with Crippen LogP contribution in [-0.2, 0) is 6.54 Å². The van der Waals surface area contributed by atoms with Crippen LogP contribution in [0.1, 0.15) is 12.0 Å². The highest BCUT2D eigenvalue weighted by Crippen LogP contribution is 2.24. The molecule has 0 saturated carbocycles. The Kier molecular flexibility index (Phi) is 6.07. The molecule has 0 bridgehead atoms. The minimum atomic E-state index is 1.07. The van der Waals surface area contributed by atoms with Gasteiger partial charge in [0.1, 0.15) is 0 Å². The van der Waals surface area contributed by atoms with Gasteiger partial charge in [-0.1, -0.05) is 36.4 Å². The number of rotatable bonds is 4. The summed E-state index contributed by atoms with van der Waals surface area (Å²) < 4.78 is 0. The molecule has 0 atom stereocenters. The van der Waals surface area contributed by atoms with Crippen LogP contribution in [0.3, 0.4) is 0 Å². The van der Waals surface area contributed by atoms with E-state index in [9.17, 15) is 0 Å². The van der Waals surface area contributed by atoms with E-state index in [2.05, 4.69) is 75.6 Å². The molecule has 0 spiro atoms. The SMILES string of the molecule is CN1CCCN(Cc2ccc(-c3ccc(N4CCNCC4)cc3)cc2)CC1. The van der Waals surface area contributed by atoms with E-state index in [0.29, 0.717) is 0 Å². The van der Waals surface area contributed by atoms with Crippen LogP contribution in [0.25, 0.3) is 11.1 Å². The molecule has 0 aliphatic carbocycles. The first-order valence-corrected chi connectivity index (χ1v) is 10.3. The van der Waals surface area contributed by atoms with Crippen molar-refractivity contribution in [1.82, 2.24) is 15.1 Å². The molecule has 4 heteroatoms. The van der Waals surface area contributed by atoms with Crippen LogP contribution in [-0.4, -0.2) is 69.2 Å². The normalized spacial score (nSPS) is 19.8. The lowest BCUT2D eigenvalue weighted by atomic mass is 10.0. The topological polar surface area (TPSA) is 21.8 Å². The van der Waals surface area contributed by atoms with Crippen molar-refractivity contribution in [3.8, 4) is 11.1 Å². The fraction of sp³-hybridized carbons (Fsp3) is 0.478. The fourth-order valence-corrected chi connectivity index (χ4v) is 4.11. The maximum absolute atomic E-state index is 3.41. The maximum atomic E-state index is 3.41. The average Bonchev–Trinajstić information content (AvgIpc) is 2.93. The summed E-state index contributed by atoms with van der Waals surface area (Å²) in [6, 6.07) is 18.2. The van der Waals surface area contributed by atoms with Gasteiger partial charge in [-0.3, -0.25) is 4.90 Å². The van der Waals surface area contributed by atoms with E-state index >= 15 is 0 Å². The summed E-state index contributed by atoms with van der Waals surface area (Å²) in [7, 11) is 2.23. The maximum Gasteiger partial charge on any atom is 0.0367 e. The molecule has 2 fully saturated rings. The Morgan fingerprint density at radius 1 is 0.741 bits per heavy atom. The molecule has 4 nitrogen and oxygen atoms in total. The van der Waals surface area contributed by atoms with Crippen LogP contribution >= 0.6 is 0 Å². The second kappa shape index (κ2) is 8.87. The van der Waals surface area contributed by atoms with Gasteiger partial charge in [-0.2, -0.15) is 0 Å². The van der Waals surface area contributed by atoms with Gasteiger partial charge in [0.25, 0.3) is 0 Å². The van der Waals surface area contributed by atoms with E-state index in [1.54, 1.807) is 0 Å². The number of nitrogens with zero attached hydrogens (tertiary/aromatic N) is 3. The Balaban J connectivity index is 1.38. The number of anilines is 1. The first-order chi connectivity index (χ1) is 13.3. The van der Waals surface area contributed by atoms with Gasteiger partial charge in [0.15, 0.2) is 0 Å². The largest absolute Gasteiger partial charge is 0.369 e. The third-order valence-electron chi connectivity index (χ3n) is 5.86. The van der Waals surface area contributed by atoms with Gasteiger partial charge in [0.2, 0.25) is 0 Å². The van der Waals surface area contributed by atoms with Crippen molar-refractivity contribution in [3.63, 3.8) is 0 Å². The van der Waals surface area contributed by atoms with E-state index in [4.69, 9.17) is 0 Å². The zero-order chi connectivity index (χ0) is 18.5. The smallest absolute Gasteiger partial charge is 0.0367 e. The molecule has 27 heavy (non-hydrogen) atoms. The molecule has 2 heterocycles. The van der Waals surface area contributed by atoms with Crippen LogP contribution in [0.4, 0.5) is 5.69 Å². The van der Waals surface area contributed by atoms with Gasteiger partial charge in [-0.25, -0.2) is 0 Å². The van der Waals surface area contributed by atoms with Crippen LogP contribution in [0, 0.1) is 0 Å². The van der Waals surface area contributed by atoms with E-state index in [1.165, 1.54) is 55.0 Å². The first-order valence-electron chi connectivity index (χ1n) is 10.3. The van der Waals surface area contributed by atoms with E-state index in [0.717, 1.165) is 32.7 Å². The lowest BCUT2D eigenvalue weighted by molar-refractivity contribution is 0.269. The van der Waals surface area contributed by atoms with Gasteiger partial charge in [0.05, 0.1) is 0 Å². The van der Waals surface area contributed by atoms with Gasteiger partial charge in [0, 0.05) is 51.5 Å². The molecule has 1 N–H and O–H groups in total. The zero-order valence-corrected chi connectivity index (χ0v) is 16.5. The third kappa shape index (κ3) is 4.89. The van der Waals surface area contributed by atoms with E-state index in [1.807, 2.05) is 0 Å². The summed E-state index contributed by atoms with van der Waals surface area (Å²) in [5.41, 5.74) is 5.36. The Hall–Kier alpha value is -1.88. The minimum absolute atomic E-state index is 1.07.